The highest BCUT2D eigenvalue weighted by Gasteiger charge is 2.22. The first kappa shape index (κ1) is 16.3. The van der Waals surface area contributed by atoms with E-state index >= 15 is 0 Å². The summed E-state index contributed by atoms with van der Waals surface area (Å²) in [6, 6.07) is 1.97. The van der Waals surface area contributed by atoms with Gasteiger partial charge in [0.15, 0.2) is 5.75 Å². The van der Waals surface area contributed by atoms with Crippen LogP contribution in [0.5, 0.6) is 5.75 Å². The third-order valence-electron chi connectivity index (χ3n) is 3.82. The summed E-state index contributed by atoms with van der Waals surface area (Å²) < 4.78 is 5.47. The maximum absolute atomic E-state index is 12.1. The number of piperazine rings is 1. The third-order valence-corrected chi connectivity index (χ3v) is 3.82. The number of aromatic nitrogens is 1. The molecule has 0 unspecified atom stereocenters. The zero-order valence-corrected chi connectivity index (χ0v) is 13.9. The van der Waals surface area contributed by atoms with Gasteiger partial charge >= 0.3 is 0 Å². The van der Waals surface area contributed by atoms with Gasteiger partial charge in [-0.25, -0.2) is 0 Å². The lowest BCUT2D eigenvalue weighted by atomic mass is 10.2. The second kappa shape index (κ2) is 7.29. The van der Waals surface area contributed by atoms with E-state index in [0.29, 0.717) is 5.92 Å². The molecule has 1 amide bonds. The molecule has 0 aromatic carbocycles. The number of carbonyl (C=O) groups is 1. The maximum atomic E-state index is 12.1. The van der Waals surface area contributed by atoms with Gasteiger partial charge in [0.1, 0.15) is 0 Å². The van der Waals surface area contributed by atoms with Crippen LogP contribution < -0.4 is 9.64 Å². The lowest BCUT2D eigenvalue weighted by molar-refractivity contribution is -0.126. The van der Waals surface area contributed by atoms with Crippen LogP contribution in [-0.4, -0.2) is 49.1 Å². The molecule has 0 N–H and O–H groups in total. The molecule has 2 rings (SSSR count). The van der Waals surface area contributed by atoms with E-state index in [1.165, 1.54) is 0 Å². The number of allylic oxidation sites excluding steroid dienone is 1. The Hall–Kier alpha value is -2.04. The summed E-state index contributed by atoms with van der Waals surface area (Å²) in [5.74, 6) is 1.32. The molecule has 120 valence electrons. The molecular weight excluding hydrogens is 278 g/mol. The van der Waals surface area contributed by atoms with Crippen molar-refractivity contribution in [3.05, 3.63) is 30.1 Å². The third kappa shape index (κ3) is 3.78. The molecule has 0 bridgehead atoms. The van der Waals surface area contributed by atoms with Gasteiger partial charge in [-0.1, -0.05) is 19.9 Å². The first-order chi connectivity index (χ1) is 10.5. The van der Waals surface area contributed by atoms with Gasteiger partial charge in [0.05, 0.1) is 18.5 Å². The van der Waals surface area contributed by atoms with Crippen LogP contribution >= 0.6 is 0 Å². The first-order valence-electron chi connectivity index (χ1n) is 7.74. The standard InChI is InChI=1S/C17H25N3O2/c1-13(2)5-6-16(21)20-11-9-19(10-12-20)15-7-8-18-14(3)17(15)22-4/h5-8,13H,9-12H2,1-4H3/b6-5+. The van der Waals surface area contributed by atoms with E-state index < -0.39 is 0 Å². The van der Waals surface area contributed by atoms with Crippen molar-refractivity contribution in [3.63, 3.8) is 0 Å². The lowest BCUT2D eigenvalue weighted by Gasteiger charge is -2.36. The number of rotatable bonds is 4. The lowest BCUT2D eigenvalue weighted by Crippen LogP contribution is -2.48. The van der Waals surface area contributed by atoms with Crippen molar-refractivity contribution in [2.24, 2.45) is 5.92 Å². The van der Waals surface area contributed by atoms with Gasteiger partial charge in [0, 0.05) is 32.4 Å². The SMILES string of the molecule is COc1c(N2CCN(C(=O)/C=C/C(C)C)CC2)ccnc1C. The highest BCUT2D eigenvalue weighted by atomic mass is 16.5. The van der Waals surface area contributed by atoms with Gasteiger partial charge in [-0.2, -0.15) is 0 Å². The molecule has 5 nitrogen and oxygen atoms in total. The van der Waals surface area contributed by atoms with Crippen molar-refractivity contribution in [1.82, 2.24) is 9.88 Å². The van der Waals surface area contributed by atoms with Crippen molar-refractivity contribution < 1.29 is 9.53 Å². The number of anilines is 1. The van der Waals surface area contributed by atoms with Gasteiger partial charge < -0.3 is 14.5 Å². The molecule has 0 saturated carbocycles. The Morgan fingerprint density at radius 2 is 2.00 bits per heavy atom. The van der Waals surface area contributed by atoms with E-state index in [2.05, 4.69) is 23.7 Å². The Bertz CT molecular complexity index is 547. The van der Waals surface area contributed by atoms with Crippen LogP contribution in [-0.2, 0) is 4.79 Å². The fourth-order valence-corrected chi connectivity index (χ4v) is 2.59. The number of nitrogens with zero attached hydrogens (tertiary/aromatic N) is 3. The van der Waals surface area contributed by atoms with E-state index in [-0.39, 0.29) is 5.91 Å². The van der Waals surface area contributed by atoms with Gasteiger partial charge in [0.25, 0.3) is 0 Å². The van der Waals surface area contributed by atoms with Crippen LogP contribution in [0.3, 0.4) is 0 Å². The fourth-order valence-electron chi connectivity index (χ4n) is 2.59. The van der Waals surface area contributed by atoms with E-state index in [9.17, 15) is 4.79 Å². The Labute approximate surface area is 132 Å². The predicted molar refractivity (Wildman–Crippen MR) is 88.3 cm³/mol. The van der Waals surface area contributed by atoms with Crippen molar-refractivity contribution in [2.45, 2.75) is 20.8 Å². The van der Waals surface area contributed by atoms with Crippen LogP contribution in [0, 0.1) is 12.8 Å². The van der Waals surface area contributed by atoms with Crippen LogP contribution in [0.1, 0.15) is 19.5 Å². The smallest absolute Gasteiger partial charge is 0.246 e. The normalized spacial score (nSPS) is 15.7. The second-order valence-corrected chi connectivity index (χ2v) is 5.86. The van der Waals surface area contributed by atoms with Crippen LogP contribution in [0.4, 0.5) is 5.69 Å². The Kier molecular flexibility index (Phi) is 5.41. The summed E-state index contributed by atoms with van der Waals surface area (Å²) in [5, 5.41) is 0. The van der Waals surface area contributed by atoms with Crippen molar-refractivity contribution >= 4 is 11.6 Å². The summed E-state index contributed by atoms with van der Waals surface area (Å²) in [7, 11) is 1.67. The monoisotopic (exact) mass is 303 g/mol. The molecular formula is C17H25N3O2. The molecule has 0 spiro atoms. The largest absolute Gasteiger partial charge is 0.493 e. The van der Waals surface area contributed by atoms with E-state index in [1.54, 1.807) is 19.4 Å². The average molecular weight is 303 g/mol. The predicted octanol–water partition coefficient (Wildman–Crippen LogP) is 2.26. The molecule has 2 heterocycles. The minimum Gasteiger partial charge on any atom is -0.493 e. The summed E-state index contributed by atoms with van der Waals surface area (Å²) in [4.78, 5) is 20.5. The molecule has 1 aliphatic rings. The van der Waals surface area contributed by atoms with Gasteiger partial charge in [0.2, 0.25) is 5.91 Å². The van der Waals surface area contributed by atoms with E-state index in [1.807, 2.05) is 24.0 Å². The van der Waals surface area contributed by atoms with Crippen LogP contribution in [0.25, 0.3) is 0 Å². The summed E-state index contributed by atoms with van der Waals surface area (Å²) in [6.45, 7) is 9.15. The maximum Gasteiger partial charge on any atom is 0.246 e. The number of pyridine rings is 1. The number of methoxy groups -OCH3 is 1. The zero-order chi connectivity index (χ0) is 16.1. The van der Waals surface area contributed by atoms with Crippen LogP contribution in [0.15, 0.2) is 24.4 Å². The molecule has 1 aromatic heterocycles. The molecule has 0 radical (unpaired) electrons. The molecule has 0 atom stereocenters. The van der Waals surface area contributed by atoms with Crippen molar-refractivity contribution in [2.75, 3.05) is 38.2 Å². The summed E-state index contributed by atoms with van der Waals surface area (Å²) in [5.41, 5.74) is 1.94. The van der Waals surface area contributed by atoms with E-state index in [0.717, 1.165) is 43.3 Å². The molecule has 0 aliphatic carbocycles. The fraction of sp³-hybridized carbons (Fsp3) is 0.529. The molecule has 22 heavy (non-hydrogen) atoms. The molecule has 1 aromatic rings. The minimum absolute atomic E-state index is 0.103. The van der Waals surface area contributed by atoms with Gasteiger partial charge in [-0.05, 0) is 25.0 Å². The number of aryl methyl sites for hydroxylation is 1. The Morgan fingerprint density at radius 1 is 1.32 bits per heavy atom. The zero-order valence-electron chi connectivity index (χ0n) is 13.9. The summed E-state index contributed by atoms with van der Waals surface area (Å²) >= 11 is 0. The minimum atomic E-state index is 0.103. The number of amides is 1. The highest BCUT2D eigenvalue weighted by molar-refractivity contribution is 5.87. The first-order valence-corrected chi connectivity index (χ1v) is 7.74. The second-order valence-electron chi connectivity index (χ2n) is 5.86. The Balaban J connectivity index is 2.01. The van der Waals surface area contributed by atoms with Crippen LogP contribution in [0.2, 0.25) is 0 Å². The number of ether oxygens (including phenoxy) is 1. The quantitative estimate of drug-likeness (QED) is 0.801. The molecule has 1 aliphatic heterocycles. The Morgan fingerprint density at radius 3 is 2.59 bits per heavy atom. The molecule has 5 heteroatoms. The van der Waals surface area contributed by atoms with Crippen molar-refractivity contribution in [1.29, 1.82) is 0 Å². The van der Waals surface area contributed by atoms with E-state index in [4.69, 9.17) is 4.74 Å². The average Bonchev–Trinajstić information content (AvgIpc) is 2.52. The topological polar surface area (TPSA) is 45.7 Å². The number of hydrogen-bond acceptors (Lipinski definition) is 4. The van der Waals surface area contributed by atoms with Gasteiger partial charge in [-0.3, -0.25) is 9.78 Å². The molecule has 1 fully saturated rings. The van der Waals surface area contributed by atoms with Gasteiger partial charge in [-0.15, -0.1) is 0 Å². The number of hydrogen-bond donors (Lipinski definition) is 0. The highest BCUT2D eigenvalue weighted by Crippen LogP contribution is 2.30. The molecule has 1 saturated heterocycles. The number of carbonyl (C=O) groups excluding carboxylic acids is 1. The van der Waals surface area contributed by atoms with Crippen molar-refractivity contribution in [3.8, 4) is 5.75 Å². The summed E-state index contributed by atoms with van der Waals surface area (Å²) in [6.07, 6.45) is 5.44.